The van der Waals surface area contributed by atoms with Crippen molar-refractivity contribution in [2.45, 2.75) is 19.9 Å². The van der Waals surface area contributed by atoms with E-state index in [1.54, 1.807) is 13.4 Å². The lowest BCUT2D eigenvalue weighted by Gasteiger charge is -2.10. The highest BCUT2D eigenvalue weighted by Gasteiger charge is 2.03. The van der Waals surface area contributed by atoms with Crippen LogP contribution in [-0.2, 0) is 13.0 Å². The molecule has 0 bridgehead atoms. The minimum atomic E-state index is 0.352. The van der Waals surface area contributed by atoms with Crippen molar-refractivity contribution in [2.24, 2.45) is 10.7 Å². The first-order chi connectivity index (χ1) is 10.2. The van der Waals surface area contributed by atoms with Crippen molar-refractivity contribution in [1.29, 1.82) is 0 Å². The first kappa shape index (κ1) is 14.8. The van der Waals surface area contributed by atoms with E-state index in [4.69, 9.17) is 10.5 Å². The molecular weight excluding hydrogens is 268 g/mol. The second-order valence-corrected chi connectivity index (χ2v) is 4.39. The summed E-state index contributed by atoms with van der Waals surface area (Å²) in [6.45, 7) is 3.30. The normalized spacial score (nSPS) is 11.4. The van der Waals surface area contributed by atoms with Crippen LogP contribution in [0.15, 0.2) is 35.6 Å². The number of guanidine groups is 1. The summed E-state index contributed by atoms with van der Waals surface area (Å²) in [6, 6.07) is 7.55. The van der Waals surface area contributed by atoms with Gasteiger partial charge in [-0.1, -0.05) is 19.1 Å². The van der Waals surface area contributed by atoms with E-state index in [0.29, 0.717) is 19.0 Å². The molecule has 0 aliphatic heterocycles. The van der Waals surface area contributed by atoms with Gasteiger partial charge in [0.25, 0.3) is 0 Å². The van der Waals surface area contributed by atoms with Crippen molar-refractivity contribution in [3.63, 3.8) is 0 Å². The number of nitrogens with two attached hydrogens (primary N) is 1. The summed E-state index contributed by atoms with van der Waals surface area (Å²) in [5, 5.41) is 10.9. The van der Waals surface area contributed by atoms with E-state index in [0.717, 1.165) is 23.7 Å². The standard InChI is InChI=1S/C14H20N6O/c1-3-13-19-17-10-20(13)9-8-16-14(15)18-11-6-4-5-7-12(11)21-2/h4-7,10H,3,8-9H2,1-2H3,(H3,15,16,18). The lowest BCUT2D eigenvalue weighted by molar-refractivity contribution is 0.417. The molecule has 0 unspecified atom stereocenters. The lowest BCUT2D eigenvalue weighted by atomic mass is 10.3. The summed E-state index contributed by atoms with van der Waals surface area (Å²) in [5.74, 6) is 2.02. The second kappa shape index (κ2) is 7.28. The van der Waals surface area contributed by atoms with E-state index in [1.807, 2.05) is 35.8 Å². The highest BCUT2D eigenvalue weighted by atomic mass is 16.5. The Morgan fingerprint density at radius 2 is 2.24 bits per heavy atom. The van der Waals surface area contributed by atoms with Crippen LogP contribution in [0.2, 0.25) is 0 Å². The number of aromatic nitrogens is 3. The number of aryl methyl sites for hydroxylation is 1. The Bertz CT molecular complexity index is 607. The number of aliphatic imine (C=N–C) groups is 1. The molecule has 0 saturated carbocycles. The molecule has 1 aromatic carbocycles. The highest BCUT2D eigenvalue weighted by molar-refractivity contribution is 5.93. The maximum atomic E-state index is 5.88. The number of hydrogen-bond acceptors (Lipinski definition) is 4. The van der Waals surface area contributed by atoms with Crippen LogP contribution in [0.25, 0.3) is 0 Å². The van der Waals surface area contributed by atoms with Crippen LogP contribution in [0.3, 0.4) is 0 Å². The van der Waals surface area contributed by atoms with Gasteiger partial charge in [-0.25, -0.2) is 0 Å². The monoisotopic (exact) mass is 288 g/mol. The summed E-state index contributed by atoms with van der Waals surface area (Å²) in [6.07, 6.45) is 2.55. The molecule has 0 radical (unpaired) electrons. The molecule has 3 N–H and O–H groups in total. The van der Waals surface area contributed by atoms with Gasteiger partial charge in [0.05, 0.1) is 19.3 Å². The number of nitrogens with zero attached hydrogens (tertiary/aromatic N) is 4. The SMILES string of the molecule is CCc1nncn1CCN=C(N)Nc1ccccc1OC. The number of rotatable bonds is 6. The predicted molar refractivity (Wildman–Crippen MR) is 82.5 cm³/mol. The number of nitrogens with one attached hydrogen (secondary N) is 1. The molecule has 1 aromatic heterocycles. The van der Waals surface area contributed by atoms with Crippen LogP contribution in [0.5, 0.6) is 5.75 Å². The fourth-order valence-corrected chi connectivity index (χ4v) is 1.94. The molecule has 2 rings (SSSR count). The molecule has 0 aliphatic carbocycles. The third-order valence-electron chi connectivity index (χ3n) is 3.00. The third-order valence-corrected chi connectivity index (χ3v) is 3.00. The number of anilines is 1. The molecule has 7 nitrogen and oxygen atoms in total. The van der Waals surface area contributed by atoms with Crippen LogP contribution in [0.1, 0.15) is 12.7 Å². The second-order valence-electron chi connectivity index (χ2n) is 4.39. The smallest absolute Gasteiger partial charge is 0.193 e. The Morgan fingerprint density at radius 1 is 1.43 bits per heavy atom. The average Bonchev–Trinajstić information content (AvgIpc) is 2.95. The Balaban J connectivity index is 1.92. The molecule has 0 fully saturated rings. The van der Waals surface area contributed by atoms with Crippen molar-refractivity contribution in [2.75, 3.05) is 19.0 Å². The van der Waals surface area contributed by atoms with E-state index in [2.05, 4.69) is 20.5 Å². The number of benzene rings is 1. The van der Waals surface area contributed by atoms with Crippen LogP contribution in [0, 0.1) is 0 Å². The highest BCUT2D eigenvalue weighted by Crippen LogP contribution is 2.22. The fourth-order valence-electron chi connectivity index (χ4n) is 1.94. The molecule has 112 valence electrons. The van der Waals surface area contributed by atoms with Crippen molar-refractivity contribution in [1.82, 2.24) is 14.8 Å². The van der Waals surface area contributed by atoms with E-state index in [-0.39, 0.29) is 0 Å². The Hall–Kier alpha value is -2.57. The predicted octanol–water partition coefficient (Wildman–Crippen LogP) is 1.28. The molecule has 1 heterocycles. The molecule has 0 atom stereocenters. The van der Waals surface area contributed by atoms with Gasteiger partial charge >= 0.3 is 0 Å². The Morgan fingerprint density at radius 3 is 3.00 bits per heavy atom. The Kier molecular flexibility index (Phi) is 5.14. The van der Waals surface area contributed by atoms with Gasteiger partial charge in [-0.3, -0.25) is 4.99 Å². The minimum absolute atomic E-state index is 0.352. The Labute approximate surface area is 123 Å². The topological polar surface area (TPSA) is 90.4 Å². The maximum Gasteiger partial charge on any atom is 0.193 e. The zero-order valence-corrected chi connectivity index (χ0v) is 12.3. The summed E-state index contributed by atoms with van der Waals surface area (Å²) in [5.41, 5.74) is 6.67. The van der Waals surface area contributed by atoms with Crippen LogP contribution in [0.4, 0.5) is 5.69 Å². The minimum Gasteiger partial charge on any atom is -0.495 e. The van der Waals surface area contributed by atoms with E-state index >= 15 is 0 Å². The summed E-state index contributed by atoms with van der Waals surface area (Å²) in [4.78, 5) is 4.30. The van der Waals surface area contributed by atoms with Crippen LogP contribution >= 0.6 is 0 Å². The van der Waals surface area contributed by atoms with Gasteiger partial charge in [0.15, 0.2) is 5.96 Å². The lowest BCUT2D eigenvalue weighted by Crippen LogP contribution is -2.23. The zero-order valence-electron chi connectivity index (χ0n) is 12.3. The number of para-hydroxylation sites is 2. The van der Waals surface area contributed by atoms with E-state index < -0.39 is 0 Å². The van der Waals surface area contributed by atoms with Gasteiger partial charge in [0.2, 0.25) is 0 Å². The van der Waals surface area contributed by atoms with Gasteiger partial charge in [-0.15, -0.1) is 10.2 Å². The van der Waals surface area contributed by atoms with Crippen molar-refractivity contribution >= 4 is 11.6 Å². The van der Waals surface area contributed by atoms with E-state index in [1.165, 1.54) is 0 Å². The summed E-state index contributed by atoms with van der Waals surface area (Å²) < 4.78 is 7.22. The number of ether oxygens (including phenoxy) is 1. The van der Waals surface area contributed by atoms with Gasteiger partial charge in [-0.2, -0.15) is 0 Å². The van der Waals surface area contributed by atoms with Gasteiger partial charge < -0.3 is 20.4 Å². The molecule has 2 aromatic rings. The zero-order chi connectivity index (χ0) is 15.1. The van der Waals surface area contributed by atoms with E-state index in [9.17, 15) is 0 Å². The van der Waals surface area contributed by atoms with Crippen molar-refractivity contribution in [3.8, 4) is 5.75 Å². The molecular formula is C14H20N6O. The summed E-state index contributed by atoms with van der Waals surface area (Å²) >= 11 is 0. The molecule has 0 aliphatic rings. The van der Waals surface area contributed by atoms with Gasteiger partial charge in [-0.05, 0) is 12.1 Å². The van der Waals surface area contributed by atoms with Crippen LogP contribution in [-0.4, -0.2) is 34.4 Å². The quantitative estimate of drug-likeness (QED) is 0.617. The summed E-state index contributed by atoms with van der Waals surface area (Å²) in [7, 11) is 1.62. The van der Waals surface area contributed by atoms with Gasteiger partial charge in [0.1, 0.15) is 17.9 Å². The van der Waals surface area contributed by atoms with Gasteiger partial charge in [0, 0.05) is 13.0 Å². The van der Waals surface area contributed by atoms with Crippen LogP contribution < -0.4 is 15.8 Å². The first-order valence-electron chi connectivity index (χ1n) is 6.81. The first-order valence-corrected chi connectivity index (χ1v) is 6.81. The number of methoxy groups -OCH3 is 1. The van der Waals surface area contributed by atoms with Crippen molar-refractivity contribution < 1.29 is 4.74 Å². The van der Waals surface area contributed by atoms with Crippen molar-refractivity contribution in [3.05, 3.63) is 36.4 Å². The molecule has 21 heavy (non-hydrogen) atoms. The third kappa shape index (κ3) is 3.95. The molecule has 0 spiro atoms. The largest absolute Gasteiger partial charge is 0.495 e. The molecule has 0 amide bonds. The average molecular weight is 288 g/mol. The number of hydrogen-bond donors (Lipinski definition) is 2. The fraction of sp³-hybridized carbons (Fsp3) is 0.357. The molecule has 7 heteroatoms. The molecule has 0 saturated heterocycles. The maximum absolute atomic E-state index is 5.88.